The first-order chi connectivity index (χ1) is 8.47. The molecule has 0 saturated heterocycles. The van der Waals surface area contributed by atoms with E-state index in [2.05, 4.69) is 4.89 Å². The molecule has 0 radical (unpaired) electrons. The van der Waals surface area contributed by atoms with Gasteiger partial charge in [0.2, 0.25) is 6.10 Å². The van der Waals surface area contributed by atoms with Gasteiger partial charge in [-0.3, -0.25) is 5.26 Å². The van der Waals surface area contributed by atoms with E-state index in [9.17, 15) is 13.2 Å². The molecule has 1 aromatic carbocycles. The Kier molecular flexibility index (Phi) is 5.39. The highest BCUT2D eigenvalue weighted by atomic mass is 19.4. The second kappa shape index (κ2) is 6.58. The molecule has 1 N–H and O–H groups in total. The molecule has 1 rings (SSSR count). The second-order valence-electron chi connectivity index (χ2n) is 3.50. The van der Waals surface area contributed by atoms with E-state index in [1.54, 1.807) is 24.3 Å². The highest BCUT2D eigenvalue weighted by Crippen LogP contribution is 2.22. The van der Waals surface area contributed by atoms with Gasteiger partial charge >= 0.3 is 6.18 Å². The molecule has 0 aliphatic carbocycles. The number of ether oxygens (including phenoxy) is 2. The average Bonchev–Trinajstić information content (AvgIpc) is 2.34. The number of benzene rings is 1. The Morgan fingerprint density at radius 3 is 2.28 bits per heavy atom. The molecule has 0 fully saturated rings. The first-order valence-corrected chi connectivity index (χ1v) is 5.05. The third kappa shape index (κ3) is 4.52. The highest BCUT2D eigenvalue weighted by molar-refractivity contribution is 5.26. The van der Waals surface area contributed by atoms with Crippen LogP contribution in [0, 0.1) is 0 Å². The Balaban J connectivity index is 2.40. The van der Waals surface area contributed by atoms with Crippen molar-refractivity contribution in [1.82, 2.24) is 0 Å². The zero-order chi connectivity index (χ0) is 13.6. The highest BCUT2D eigenvalue weighted by Gasteiger charge is 2.41. The van der Waals surface area contributed by atoms with E-state index < -0.39 is 18.9 Å². The van der Waals surface area contributed by atoms with Gasteiger partial charge in [0.1, 0.15) is 5.75 Å². The molecule has 7 heteroatoms. The summed E-state index contributed by atoms with van der Waals surface area (Å²) in [6, 6.07) is 6.67. The third-order valence-corrected chi connectivity index (χ3v) is 2.19. The van der Waals surface area contributed by atoms with Gasteiger partial charge in [0.15, 0.2) is 0 Å². The van der Waals surface area contributed by atoms with Crippen molar-refractivity contribution in [1.29, 1.82) is 0 Å². The van der Waals surface area contributed by atoms with Crippen LogP contribution < -0.4 is 4.74 Å². The van der Waals surface area contributed by atoms with Crippen LogP contribution in [0.1, 0.15) is 5.56 Å². The summed E-state index contributed by atoms with van der Waals surface area (Å²) in [4.78, 5) is 3.32. The second-order valence-corrected chi connectivity index (χ2v) is 3.50. The van der Waals surface area contributed by atoms with Crippen LogP contribution in [-0.4, -0.2) is 31.3 Å². The molecule has 0 aromatic heterocycles. The quantitative estimate of drug-likeness (QED) is 0.635. The Bertz CT molecular complexity index is 350. The molecular weight excluding hydrogens is 253 g/mol. The van der Waals surface area contributed by atoms with Crippen molar-refractivity contribution in [3.8, 4) is 5.75 Å². The number of rotatable bonds is 6. The summed E-state index contributed by atoms with van der Waals surface area (Å²) < 4.78 is 46.2. The summed E-state index contributed by atoms with van der Waals surface area (Å²) in [7, 11) is 1.51. The van der Waals surface area contributed by atoms with Crippen LogP contribution in [0.5, 0.6) is 5.75 Å². The fourth-order valence-electron chi connectivity index (χ4n) is 1.19. The minimum Gasteiger partial charge on any atom is -0.497 e. The van der Waals surface area contributed by atoms with Gasteiger partial charge in [-0.1, -0.05) is 12.1 Å². The molecule has 1 aromatic rings. The van der Waals surface area contributed by atoms with Gasteiger partial charge in [-0.15, -0.1) is 0 Å². The van der Waals surface area contributed by atoms with E-state index in [-0.39, 0.29) is 6.61 Å². The molecular formula is C11H13F3O4. The van der Waals surface area contributed by atoms with Gasteiger partial charge in [0.05, 0.1) is 20.3 Å². The largest absolute Gasteiger partial charge is 0.497 e. The minimum atomic E-state index is -4.66. The summed E-state index contributed by atoms with van der Waals surface area (Å²) in [6.07, 6.45) is -7.00. The lowest BCUT2D eigenvalue weighted by Gasteiger charge is -2.16. The van der Waals surface area contributed by atoms with Crippen molar-refractivity contribution in [2.45, 2.75) is 18.9 Å². The predicted octanol–water partition coefficient (Wildman–Crippen LogP) is 2.63. The Morgan fingerprint density at radius 2 is 1.83 bits per heavy atom. The standard InChI is InChI=1S/C11H13F3O4/c1-16-9-4-2-8(3-5-9)6-17-7-10(18-15)11(12,13)14/h2-5,10,15H,6-7H2,1H3/t10-/m1/s1. The number of halogens is 3. The average molecular weight is 266 g/mol. The van der Waals surface area contributed by atoms with Gasteiger partial charge in [0.25, 0.3) is 0 Å². The van der Waals surface area contributed by atoms with Crippen molar-refractivity contribution in [2.24, 2.45) is 0 Å². The summed E-state index contributed by atoms with van der Waals surface area (Å²) in [5, 5.41) is 8.11. The summed E-state index contributed by atoms with van der Waals surface area (Å²) in [5.74, 6) is 0.644. The van der Waals surface area contributed by atoms with Crippen LogP contribution in [0.4, 0.5) is 13.2 Å². The molecule has 0 amide bonds. The van der Waals surface area contributed by atoms with Crippen LogP contribution in [0.15, 0.2) is 24.3 Å². The maximum atomic E-state index is 12.2. The van der Waals surface area contributed by atoms with Crippen LogP contribution in [0.2, 0.25) is 0 Å². The lowest BCUT2D eigenvalue weighted by atomic mass is 10.2. The van der Waals surface area contributed by atoms with Crippen molar-refractivity contribution in [3.63, 3.8) is 0 Å². The normalized spacial score (nSPS) is 13.4. The Morgan fingerprint density at radius 1 is 1.22 bits per heavy atom. The predicted molar refractivity (Wildman–Crippen MR) is 56.2 cm³/mol. The minimum absolute atomic E-state index is 0.0140. The van der Waals surface area contributed by atoms with Crippen molar-refractivity contribution in [2.75, 3.05) is 13.7 Å². The maximum Gasteiger partial charge on any atom is 0.420 e. The fraction of sp³-hybridized carbons (Fsp3) is 0.455. The van der Waals surface area contributed by atoms with E-state index >= 15 is 0 Å². The van der Waals surface area contributed by atoms with Crippen LogP contribution in [0.3, 0.4) is 0 Å². The third-order valence-electron chi connectivity index (χ3n) is 2.19. The fourth-order valence-corrected chi connectivity index (χ4v) is 1.19. The molecule has 0 spiro atoms. The Hall–Kier alpha value is -1.31. The zero-order valence-electron chi connectivity index (χ0n) is 9.61. The first kappa shape index (κ1) is 14.7. The number of alkyl halides is 3. The van der Waals surface area contributed by atoms with E-state index in [4.69, 9.17) is 14.7 Å². The van der Waals surface area contributed by atoms with Crippen LogP contribution >= 0.6 is 0 Å². The SMILES string of the molecule is COc1ccc(COC[C@@H](OO)C(F)(F)F)cc1. The summed E-state index contributed by atoms with van der Waals surface area (Å²) in [5.41, 5.74) is 0.690. The molecule has 1 atom stereocenters. The number of methoxy groups -OCH3 is 1. The molecule has 0 aliphatic rings. The number of hydrogen-bond acceptors (Lipinski definition) is 4. The van der Waals surface area contributed by atoms with Crippen molar-refractivity contribution >= 4 is 0 Å². The maximum absolute atomic E-state index is 12.2. The molecule has 102 valence electrons. The topological polar surface area (TPSA) is 47.9 Å². The van der Waals surface area contributed by atoms with Crippen LogP contribution in [0.25, 0.3) is 0 Å². The molecule has 0 unspecified atom stereocenters. The smallest absolute Gasteiger partial charge is 0.420 e. The number of hydrogen-bond donors (Lipinski definition) is 1. The van der Waals surface area contributed by atoms with Gasteiger partial charge in [-0.05, 0) is 17.7 Å². The monoisotopic (exact) mass is 266 g/mol. The van der Waals surface area contributed by atoms with Gasteiger partial charge < -0.3 is 9.47 Å². The van der Waals surface area contributed by atoms with Crippen molar-refractivity contribution in [3.05, 3.63) is 29.8 Å². The summed E-state index contributed by atoms with van der Waals surface area (Å²) >= 11 is 0. The lowest BCUT2D eigenvalue weighted by Crippen LogP contribution is -2.35. The van der Waals surface area contributed by atoms with Gasteiger partial charge in [-0.2, -0.15) is 13.2 Å². The molecule has 0 heterocycles. The van der Waals surface area contributed by atoms with E-state index in [0.29, 0.717) is 11.3 Å². The van der Waals surface area contributed by atoms with Crippen molar-refractivity contribution < 1.29 is 32.8 Å². The van der Waals surface area contributed by atoms with E-state index in [1.807, 2.05) is 0 Å². The summed E-state index contributed by atoms with van der Waals surface area (Å²) in [6.45, 7) is -0.786. The van der Waals surface area contributed by atoms with Crippen LogP contribution in [-0.2, 0) is 16.2 Å². The molecule has 0 bridgehead atoms. The molecule has 0 aliphatic heterocycles. The van der Waals surface area contributed by atoms with Gasteiger partial charge in [-0.25, -0.2) is 4.89 Å². The molecule has 0 saturated carbocycles. The molecule has 4 nitrogen and oxygen atoms in total. The van der Waals surface area contributed by atoms with E-state index in [1.165, 1.54) is 7.11 Å². The lowest BCUT2D eigenvalue weighted by molar-refractivity contribution is -0.358. The van der Waals surface area contributed by atoms with E-state index in [0.717, 1.165) is 0 Å². The zero-order valence-corrected chi connectivity index (χ0v) is 9.61. The van der Waals surface area contributed by atoms with Gasteiger partial charge in [0, 0.05) is 0 Å². The Labute approximate surface area is 102 Å². The first-order valence-electron chi connectivity index (χ1n) is 5.05. The molecule has 18 heavy (non-hydrogen) atoms.